The van der Waals surface area contributed by atoms with Gasteiger partial charge in [-0.3, -0.25) is 0 Å². The van der Waals surface area contributed by atoms with E-state index in [4.69, 9.17) is 5.26 Å². The van der Waals surface area contributed by atoms with Crippen molar-refractivity contribution >= 4 is 0 Å². The Morgan fingerprint density at radius 2 is 2.11 bits per heavy atom. The zero-order valence-electron chi connectivity index (χ0n) is 5.02. The molecule has 1 N–H and O–H groups in total. The van der Waals surface area contributed by atoms with E-state index < -0.39 is 5.60 Å². The van der Waals surface area contributed by atoms with Gasteiger partial charge in [-0.05, 0) is 19.3 Å². The molecule has 9 heavy (non-hydrogen) atoms. The van der Waals surface area contributed by atoms with Crippen molar-refractivity contribution in [1.29, 1.82) is 5.26 Å². The second-order valence-electron chi connectivity index (χ2n) is 2.25. The average molecular weight is 121 g/mol. The van der Waals surface area contributed by atoms with Gasteiger partial charge in [0.2, 0.25) is 0 Å². The van der Waals surface area contributed by atoms with Crippen LogP contribution in [0, 0.1) is 23.2 Å². The molecule has 0 radical (unpaired) electrons. The smallest absolute Gasteiger partial charge is 0.152 e. The lowest BCUT2D eigenvalue weighted by Gasteiger charge is -2.30. The van der Waals surface area contributed by atoms with Gasteiger partial charge in [-0.1, -0.05) is 5.92 Å². The largest absolute Gasteiger partial charge is 0.378 e. The molecule has 0 aromatic rings. The van der Waals surface area contributed by atoms with E-state index in [-0.39, 0.29) is 0 Å². The molecule has 0 spiro atoms. The van der Waals surface area contributed by atoms with Crippen LogP contribution >= 0.6 is 0 Å². The minimum atomic E-state index is -0.810. The number of aliphatic hydroxyl groups is 1. The maximum absolute atomic E-state index is 9.22. The highest BCUT2D eigenvalue weighted by molar-refractivity contribution is 5.25. The van der Waals surface area contributed by atoms with Crippen molar-refractivity contribution in [3.63, 3.8) is 0 Å². The number of rotatable bonds is 0. The summed E-state index contributed by atoms with van der Waals surface area (Å²) < 4.78 is 0. The van der Waals surface area contributed by atoms with E-state index in [2.05, 4.69) is 11.8 Å². The van der Waals surface area contributed by atoms with Gasteiger partial charge in [0.15, 0.2) is 6.07 Å². The molecule has 1 fully saturated rings. The molecular weight excluding hydrogens is 114 g/mol. The van der Waals surface area contributed by atoms with Crippen molar-refractivity contribution < 1.29 is 5.11 Å². The zero-order chi connectivity index (χ0) is 6.74. The summed E-state index contributed by atoms with van der Waals surface area (Å²) >= 11 is 0. The standard InChI is InChI=1S/C7H7NO/c8-6-2-5-7(9)3-1-4-7/h9H,1,3-4H2. The quantitative estimate of drug-likeness (QED) is 0.472. The fourth-order valence-corrected chi connectivity index (χ4v) is 0.781. The molecular formula is C7H7NO. The SMILES string of the molecule is N#CC#CC1(O)CCC1. The first kappa shape index (κ1) is 6.13. The van der Waals surface area contributed by atoms with Crippen LogP contribution in [0.3, 0.4) is 0 Å². The minimum Gasteiger partial charge on any atom is -0.378 e. The van der Waals surface area contributed by atoms with Crippen molar-refractivity contribution in [2.24, 2.45) is 0 Å². The summed E-state index contributed by atoms with van der Waals surface area (Å²) in [5.74, 6) is 4.69. The highest BCUT2D eigenvalue weighted by Crippen LogP contribution is 2.30. The summed E-state index contributed by atoms with van der Waals surface area (Å²) in [4.78, 5) is 0. The minimum absolute atomic E-state index is 0.724. The molecule has 0 heterocycles. The zero-order valence-corrected chi connectivity index (χ0v) is 5.02. The van der Waals surface area contributed by atoms with Crippen LogP contribution in [0.15, 0.2) is 0 Å². The first-order valence-corrected chi connectivity index (χ1v) is 2.90. The Labute approximate surface area is 54.1 Å². The Morgan fingerprint density at radius 1 is 1.44 bits per heavy atom. The summed E-state index contributed by atoms with van der Waals surface area (Å²) in [5, 5.41) is 17.2. The van der Waals surface area contributed by atoms with Gasteiger partial charge < -0.3 is 5.11 Å². The molecule has 1 saturated carbocycles. The van der Waals surface area contributed by atoms with Crippen LogP contribution in [0.2, 0.25) is 0 Å². The van der Waals surface area contributed by atoms with E-state index in [0.29, 0.717) is 0 Å². The van der Waals surface area contributed by atoms with Gasteiger partial charge in [-0.2, -0.15) is 5.26 Å². The Morgan fingerprint density at radius 3 is 2.44 bits per heavy atom. The predicted octanol–water partition coefficient (Wildman–Crippen LogP) is 0.428. The van der Waals surface area contributed by atoms with Gasteiger partial charge in [0.25, 0.3) is 0 Å². The molecule has 0 aromatic carbocycles. The number of hydrogen-bond acceptors (Lipinski definition) is 2. The number of nitriles is 1. The van der Waals surface area contributed by atoms with Crippen molar-refractivity contribution in [2.75, 3.05) is 0 Å². The van der Waals surface area contributed by atoms with Gasteiger partial charge in [-0.15, -0.1) is 0 Å². The normalized spacial score (nSPS) is 20.4. The van der Waals surface area contributed by atoms with Gasteiger partial charge in [0, 0.05) is 5.92 Å². The van der Waals surface area contributed by atoms with Gasteiger partial charge in [-0.25, -0.2) is 0 Å². The molecule has 2 heteroatoms. The summed E-state index contributed by atoms with van der Waals surface area (Å²) in [7, 11) is 0. The lowest BCUT2D eigenvalue weighted by molar-refractivity contribution is 0.0240. The van der Waals surface area contributed by atoms with E-state index >= 15 is 0 Å². The first-order valence-electron chi connectivity index (χ1n) is 2.90. The van der Waals surface area contributed by atoms with Crippen molar-refractivity contribution in [1.82, 2.24) is 0 Å². The van der Waals surface area contributed by atoms with Crippen LogP contribution in [0.1, 0.15) is 19.3 Å². The average Bonchev–Trinajstić information content (AvgIpc) is 1.79. The van der Waals surface area contributed by atoms with E-state index in [1.807, 2.05) is 0 Å². The molecule has 1 rings (SSSR count). The van der Waals surface area contributed by atoms with E-state index in [1.165, 1.54) is 0 Å². The molecule has 0 atom stereocenters. The van der Waals surface area contributed by atoms with Crippen LogP contribution in [-0.4, -0.2) is 10.7 Å². The monoisotopic (exact) mass is 121 g/mol. The molecule has 1 aliphatic carbocycles. The molecule has 1 aliphatic rings. The topological polar surface area (TPSA) is 44.0 Å². The molecule has 2 nitrogen and oxygen atoms in total. The molecule has 0 amide bonds. The van der Waals surface area contributed by atoms with Crippen molar-refractivity contribution in [3.05, 3.63) is 0 Å². The second kappa shape index (κ2) is 2.09. The molecule has 0 aromatic heterocycles. The third-order valence-electron chi connectivity index (χ3n) is 1.53. The van der Waals surface area contributed by atoms with Crippen molar-refractivity contribution in [3.8, 4) is 17.9 Å². The Kier molecular flexibility index (Phi) is 1.42. The van der Waals surface area contributed by atoms with E-state index in [9.17, 15) is 5.11 Å². The van der Waals surface area contributed by atoms with E-state index in [0.717, 1.165) is 19.3 Å². The van der Waals surface area contributed by atoms with Crippen molar-refractivity contribution in [2.45, 2.75) is 24.9 Å². The molecule has 0 saturated heterocycles. The van der Waals surface area contributed by atoms with Crippen LogP contribution in [0.4, 0.5) is 0 Å². The number of hydrogen-bond donors (Lipinski definition) is 1. The fourth-order valence-electron chi connectivity index (χ4n) is 0.781. The third-order valence-corrected chi connectivity index (χ3v) is 1.53. The van der Waals surface area contributed by atoms with Crippen LogP contribution < -0.4 is 0 Å². The lowest BCUT2D eigenvalue weighted by Crippen LogP contribution is -2.34. The molecule has 0 aliphatic heterocycles. The maximum atomic E-state index is 9.22. The Hall–Kier alpha value is -0.990. The van der Waals surface area contributed by atoms with Gasteiger partial charge in [0.1, 0.15) is 5.60 Å². The summed E-state index contributed by atoms with van der Waals surface area (Å²) in [5.41, 5.74) is -0.810. The third kappa shape index (κ3) is 1.22. The second-order valence-corrected chi connectivity index (χ2v) is 2.25. The lowest BCUT2D eigenvalue weighted by atomic mass is 9.81. The van der Waals surface area contributed by atoms with Gasteiger partial charge >= 0.3 is 0 Å². The molecule has 46 valence electrons. The fraction of sp³-hybridized carbons (Fsp3) is 0.571. The highest BCUT2D eigenvalue weighted by Gasteiger charge is 2.31. The van der Waals surface area contributed by atoms with Gasteiger partial charge in [0.05, 0.1) is 0 Å². The van der Waals surface area contributed by atoms with E-state index in [1.54, 1.807) is 6.07 Å². The maximum Gasteiger partial charge on any atom is 0.152 e. The van der Waals surface area contributed by atoms with Crippen LogP contribution in [-0.2, 0) is 0 Å². The summed E-state index contributed by atoms with van der Waals surface area (Å²) in [6.07, 6.45) is 2.47. The Bertz CT molecular complexity index is 199. The summed E-state index contributed by atoms with van der Waals surface area (Å²) in [6, 6.07) is 1.67. The Balaban J connectivity index is 2.53. The molecule has 0 bridgehead atoms. The van der Waals surface area contributed by atoms with Crippen LogP contribution in [0.5, 0.6) is 0 Å². The van der Waals surface area contributed by atoms with Crippen LogP contribution in [0.25, 0.3) is 0 Å². The summed E-state index contributed by atoms with van der Waals surface area (Å²) in [6.45, 7) is 0. The highest BCUT2D eigenvalue weighted by atomic mass is 16.3. The number of nitrogens with zero attached hydrogens (tertiary/aromatic N) is 1. The molecule has 0 unspecified atom stereocenters. The first-order chi connectivity index (χ1) is 4.27. The predicted molar refractivity (Wildman–Crippen MR) is 32.2 cm³/mol.